The molecular formula is C19H23NO2. The first-order valence-electron chi connectivity index (χ1n) is 7.74. The van der Waals surface area contributed by atoms with Crippen LogP contribution in [0.15, 0.2) is 48.5 Å². The van der Waals surface area contributed by atoms with Gasteiger partial charge in [0.25, 0.3) is 0 Å². The predicted molar refractivity (Wildman–Crippen MR) is 88.3 cm³/mol. The van der Waals surface area contributed by atoms with Crippen molar-refractivity contribution < 1.29 is 9.47 Å². The number of benzene rings is 2. The van der Waals surface area contributed by atoms with Crippen LogP contribution in [0.4, 0.5) is 0 Å². The van der Waals surface area contributed by atoms with Gasteiger partial charge in [-0.15, -0.1) is 0 Å². The smallest absolute Gasteiger partial charge is 0.162 e. The average molecular weight is 297 g/mol. The molecule has 3 heteroatoms. The molecule has 2 aromatic rings. The molecule has 1 aliphatic heterocycles. The Morgan fingerprint density at radius 1 is 1.00 bits per heavy atom. The van der Waals surface area contributed by atoms with E-state index in [2.05, 4.69) is 50.4 Å². The van der Waals surface area contributed by atoms with E-state index in [9.17, 15) is 0 Å². The Morgan fingerprint density at radius 2 is 1.68 bits per heavy atom. The third kappa shape index (κ3) is 3.60. The monoisotopic (exact) mass is 297 g/mol. The van der Waals surface area contributed by atoms with E-state index in [0.29, 0.717) is 6.61 Å². The molecule has 1 N–H and O–H groups in total. The lowest BCUT2D eigenvalue weighted by molar-refractivity contribution is 0.0913. The van der Waals surface area contributed by atoms with Crippen LogP contribution < -0.4 is 14.8 Å². The Balaban J connectivity index is 1.67. The zero-order chi connectivity index (χ0) is 15.6. The normalized spacial score (nSPS) is 17.3. The largest absolute Gasteiger partial charge is 0.485 e. The molecule has 0 saturated heterocycles. The molecule has 0 fully saturated rings. The summed E-state index contributed by atoms with van der Waals surface area (Å²) in [5.41, 5.74) is 2.55. The maximum absolute atomic E-state index is 6.03. The molecule has 3 nitrogen and oxygen atoms in total. The highest BCUT2D eigenvalue weighted by atomic mass is 16.6. The minimum absolute atomic E-state index is 0.0421. The van der Waals surface area contributed by atoms with E-state index in [1.54, 1.807) is 0 Å². The van der Waals surface area contributed by atoms with Crippen molar-refractivity contribution in [3.05, 3.63) is 59.7 Å². The second-order valence-electron chi connectivity index (χ2n) is 6.71. The van der Waals surface area contributed by atoms with Crippen molar-refractivity contribution >= 4 is 0 Å². The van der Waals surface area contributed by atoms with Gasteiger partial charge in [0.1, 0.15) is 6.61 Å². The number of ether oxygens (including phenoxy) is 2. The lowest BCUT2D eigenvalue weighted by Gasteiger charge is -2.27. The summed E-state index contributed by atoms with van der Waals surface area (Å²) in [6.45, 7) is 7.94. The molecule has 0 bridgehead atoms. The summed E-state index contributed by atoms with van der Waals surface area (Å²) in [5.74, 6) is 1.64. The van der Waals surface area contributed by atoms with E-state index in [4.69, 9.17) is 9.47 Å². The fourth-order valence-corrected chi connectivity index (χ4v) is 2.40. The summed E-state index contributed by atoms with van der Waals surface area (Å²) in [7, 11) is 0. The van der Waals surface area contributed by atoms with E-state index >= 15 is 0 Å². The van der Waals surface area contributed by atoms with E-state index in [0.717, 1.165) is 23.6 Å². The lowest BCUT2D eigenvalue weighted by atomic mass is 10.0. The number of hydrogen-bond donors (Lipinski definition) is 1. The molecule has 0 radical (unpaired) electrons. The zero-order valence-electron chi connectivity index (χ0n) is 13.4. The van der Waals surface area contributed by atoms with Gasteiger partial charge in [-0.05, 0) is 44.0 Å². The van der Waals surface area contributed by atoms with Crippen LogP contribution in [-0.4, -0.2) is 12.1 Å². The molecule has 1 heterocycles. The lowest BCUT2D eigenvalue weighted by Crippen LogP contribution is -2.35. The minimum atomic E-state index is -0.0421. The molecule has 1 atom stereocenters. The Labute approximate surface area is 132 Å². The summed E-state index contributed by atoms with van der Waals surface area (Å²) in [6, 6.07) is 16.4. The highest BCUT2D eigenvalue weighted by Gasteiger charge is 2.22. The van der Waals surface area contributed by atoms with E-state index in [1.165, 1.54) is 5.56 Å². The topological polar surface area (TPSA) is 30.5 Å². The van der Waals surface area contributed by atoms with Gasteiger partial charge in [0.15, 0.2) is 17.6 Å². The van der Waals surface area contributed by atoms with Gasteiger partial charge in [-0.25, -0.2) is 0 Å². The second-order valence-corrected chi connectivity index (χ2v) is 6.71. The Kier molecular flexibility index (Phi) is 4.08. The van der Waals surface area contributed by atoms with Crippen molar-refractivity contribution in [3.8, 4) is 11.5 Å². The van der Waals surface area contributed by atoms with Crippen LogP contribution in [0.25, 0.3) is 0 Å². The van der Waals surface area contributed by atoms with Gasteiger partial charge in [-0.3, -0.25) is 0 Å². The van der Waals surface area contributed by atoms with Gasteiger partial charge in [-0.2, -0.15) is 0 Å². The van der Waals surface area contributed by atoms with Gasteiger partial charge >= 0.3 is 0 Å². The molecular weight excluding hydrogens is 274 g/mol. The van der Waals surface area contributed by atoms with Crippen molar-refractivity contribution in [2.24, 2.45) is 0 Å². The number of nitrogens with one attached hydrogen (secondary N) is 1. The van der Waals surface area contributed by atoms with E-state index < -0.39 is 0 Å². The average Bonchev–Trinajstić information content (AvgIpc) is 2.52. The maximum Gasteiger partial charge on any atom is 0.162 e. The SMILES string of the molecule is CC(C)(C)NCc1ccc([C@@H]2COc3ccccc3O2)cc1. The molecule has 3 rings (SSSR count). The maximum atomic E-state index is 6.03. The van der Waals surface area contributed by atoms with Crippen LogP contribution in [0.1, 0.15) is 38.0 Å². The third-order valence-electron chi connectivity index (χ3n) is 3.68. The first kappa shape index (κ1) is 14.9. The van der Waals surface area contributed by atoms with Crippen molar-refractivity contribution in [1.29, 1.82) is 0 Å². The molecule has 22 heavy (non-hydrogen) atoms. The molecule has 0 aromatic heterocycles. The third-order valence-corrected chi connectivity index (χ3v) is 3.68. The van der Waals surface area contributed by atoms with Crippen molar-refractivity contribution in [3.63, 3.8) is 0 Å². The van der Waals surface area contributed by atoms with Crippen LogP contribution in [0.3, 0.4) is 0 Å². The molecule has 0 aliphatic carbocycles. The Morgan fingerprint density at radius 3 is 2.36 bits per heavy atom. The quantitative estimate of drug-likeness (QED) is 0.925. The fourth-order valence-electron chi connectivity index (χ4n) is 2.40. The first-order chi connectivity index (χ1) is 10.5. The molecule has 1 aliphatic rings. The van der Waals surface area contributed by atoms with Gasteiger partial charge in [0.2, 0.25) is 0 Å². The van der Waals surface area contributed by atoms with E-state index in [1.807, 2.05) is 24.3 Å². The summed E-state index contributed by atoms with van der Waals surface area (Å²) in [4.78, 5) is 0. The Hall–Kier alpha value is -2.00. The van der Waals surface area contributed by atoms with Gasteiger partial charge in [-0.1, -0.05) is 36.4 Å². The molecule has 0 unspecified atom stereocenters. The predicted octanol–water partition coefficient (Wildman–Crippen LogP) is 4.09. The number of para-hydroxylation sites is 2. The standard InChI is InChI=1S/C19H23NO2/c1-19(2,3)20-12-14-8-10-15(11-9-14)18-13-21-16-6-4-5-7-17(16)22-18/h4-11,18,20H,12-13H2,1-3H3/t18-/m0/s1. The number of fused-ring (bicyclic) bond motifs is 1. The van der Waals surface area contributed by atoms with Crippen molar-refractivity contribution in [2.45, 2.75) is 39.0 Å². The van der Waals surface area contributed by atoms with Gasteiger partial charge < -0.3 is 14.8 Å². The van der Waals surface area contributed by atoms with Crippen LogP contribution in [0.5, 0.6) is 11.5 Å². The molecule has 0 spiro atoms. The fraction of sp³-hybridized carbons (Fsp3) is 0.368. The van der Waals surface area contributed by atoms with Crippen molar-refractivity contribution in [1.82, 2.24) is 5.32 Å². The molecule has 0 amide bonds. The zero-order valence-corrected chi connectivity index (χ0v) is 13.4. The first-order valence-corrected chi connectivity index (χ1v) is 7.74. The Bertz CT molecular complexity index is 629. The second kappa shape index (κ2) is 6.01. The van der Waals surface area contributed by atoms with Gasteiger partial charge in [0, 0.05) is 12.1 Å². The number of rotatable bonds is 3. The summed E-state index contributed by atoms with van der Waals surface area (Å²) in [5, 5.41) is 3.49. The highest BCUT2D eigenvalue weighted by molar-refractivity contribution is 5.41. The van der Waals surface area contributed by atoms with Crippen molar-refractivity contribution in [2.75, 3.05) is 6.61 Å². The number of hydrogen-bond acceptors (Lipinski definition) is 3. The molecule has 116 valence electrons. The van der Waals surface area contributed by atoms with Crippen LogP contribution >= 0.6 is 0 Å². The molecule has 2 aromatic carbocycles. The van der Waals surface area contributed by atoms with Crippen LogP contribution in [0, 0.1) is 0 Å². The van der Waals surface area contributed by atoms with Crippen LogP contribution in [0.2, 0.25) is 0 Å². The minimum Gasteiger partial charge on any atom is -0.485 e. The van der Waals surface area contributed by atoms with E-state index in [-0.39, 0.29) is 11.6 Å². The van der Waals surface area contributed by atoms with Crippen LogP contribution in [-0.2, 0) is 6.54 Å². The molecule has 0 saturated carbocycles. The summed E-state index contributed by atoms with van der Waals surface area (Å²) < 4.78 is 11.8. The summed E-state index contributed by atoms with van der Waals surface area (Å²) >= 11 is 0. The van der Waals surface area contributed by atoms with Gasteiger partial charge in [0.05, 0.1) is 0 Å². The summed E-state index contributed by atoms with van der Waals surface area (Å²) in [6.07, 6.45) is -0.0421. The highest BCUT2D eigenvalue weighted by Crippen LogP contribution is 2.35.